The van der Waals surface area contributed by atoms with E-state index in [0.717, 1.165) is 56.1 Å². The van der Waals surface area contributed by atoms with E-state index < -0.39 is 0 Å². The maximum absolute atomic E-state index is 12.9. The Morgan fingerprint density at radius 2 is 1.69 bits per heavy atom. The van der Waals surface area contributed by atoms with Crippen molar-refractivity contribution < 1.29 is 9.53 Å². The van der Waals surface area contributed by atoms with Crippen LogP contribution < -0.4 is 10.6 Å². The lowest BCUT2D eigenvalue weighted by Crippen LogP contribution is -2.37. The van der Waals surface area contributed by atoms with Crippen molar-refractivity contribution in [2.75, 3.05) is 31.6 Å². The predicted molar refractivity (Wildman–Crippen MR) is 118 cm³/mol. The molecule has 1 aliphatic rings. The highest BCUT2D eigenvalue weighted by atomic mass is 16.5. The fourth-order valence-electron chi connectivity index (χ4n) is 3.65. The lowest BCUT2D eigenvalue weighted by atomic mass is 9.85. The molecule has 156 valence electrons. The topological polar surface area (TPSA) is 53.6 Å². The summed E-state index contributed by atoms with van der Waals surface area (Å²) in [6, 6.07) is 18.0. The molecule has 1 fully saturated rings. The second-order valence-electron chi connectivity index (χ2n) is 8.87. The fraction of sp³-hybridized carbons (Fsp3) is 0.458. The zero-order valence-corrected chi connectivity index (χ0v) is 17.8. The van der Waals surface area contributed by atoms with Crippen LogP contribution in [-0.2, 0) is 11.3 Å². The molecule has 5 nitrogen and oxygen atoms in total. The SMILES string of the molecule is CC(C)(C)C[C@H](NC(=O)Nc1ccccc1CN1CCOCC1)c1ccccc1. The Morgan fingerprint density at radius 3 is 2.38 bits per heavy atom. The van der Waals surface area contributed by atoms with Crippen LogP contribution in [-0.4, -0.2) is 37.2 Å². The van der Waals surface area contributed by atoms with Gasteiger partial charge in [-0.1, -0.05) is 69.3 Å². The Bertz CT molecular complexity index is 780. The average molecular weight is 396 g/mol. The second kappa shape index (κ2) is 9.90. The van der Waals surface area contributed by atoms with E-state index in [9.17, 15) is 4.79 Å². The third-order valence-corrected chi connectivity index (χ3v) is 5.09. The van der Waals surface area contributed by atoms with Gasteiger partial charge in [-0.05, 0) is 29.0 Å². The molecule has 1 saturated heterocycles. The number of ether oxygens (including phenoxy) is 1. The lowest BCUT2D eigenvalue weighted by Gasteiger charge is -2.28. The van der Waals surface area contributed by atoms with Crippen LogP contribution in [0.5, 0.6) is 0 Å². The molecule has 0 spiro atoms. The molecule has 1 aliphatic heterocycles. The second-order valence-corrected chi connectivity index (χ2v) is 8.87. The van der Waals surface area contributed by atoms with Crippen LogP contribution in [0.15, 0.2) is 54.6 Å². The first-order chi connectivity index (χ1) is 13.9. The van der Waals surface area contributed by atoms with Gasteiger partial charge in [0.15, 0.2) is 0 Å². The summed E-state index contributed by atoms with van der Waals surface area (Å²) in [7, 11) is 0. The first-order valence-corrected chi connectivity index (χ1v) is 10.4. The highest BCUT2D eigenvalue weighted by molar-refractivity contribution is 5.90. The van der Waals surface area contributed by atoms with Crippen LogP contribution in [0.1, 0.15) is 44.4 Å². The molecule has 2 aromatic rings. The zero-order valence-electron chi connectivity index (χ0n) is 17.8. The van der Waals surface area contributed by atoms with Gasteiger partial charge in [0.2, 0.25) is 0 Å². The van der Waals surface area contributed by atoms with Crippen molar-refractivity contribution in [1.82, 2.24) is 10.2 Å². The first-order valence-electron chi connectivity index (χ1n) is 10.4. The minimum absolute atomic E-state index is 0.0393. The maximum Gasteiger partial charge on any atom is 0.319 e. The van der Waals surface area contributed by atoms with E-state index in [1.807, 2.05) is 36.4 Å². The summed E-state index contributed by atoms with van der Waals surface area (Å²) < 4.78 is 5.44. The number of urea groups is 1. The molecule has 3 rings (SSSR count). The molecule has 1 atom stereocenters. The van der Waals surface area contributed by atoms with E-state index in [-0.39, 0.29) is 17.5 Å². The normalized spacial score (nSPS) is 16.2. The van der Waals surface area contributed by atoms with Crippen molar-refractivity contribution >= 4 is 11.7 Å². The molecule has 0 bridgehead atoms. The minimum atomic E-state index is -0.169. The standard InChI is InChI=1S/C24H33N3O2/c1-24(2,3)17-22(19-9-5-4-6-10-19)26-23(28)25-21-12-8-7-11-20(21)18-27-13-15-29-16-14-27/h4-12,22H,13-18H2,1-3H3,(H2,25,26,28)/t22-/m0/s1. The number of hydrogen-bond donors (Lipinski definition) is 2. The van der Waals surface area contributed by atoms with E-state index in [0.29, 0.717) is 0 Å². The first kappa shape index (κ1) is 21.3. The number of hydrogen-bond acceptors (Lipinski definition) is 3. The number of morpholine rings is 1. The van der Waals surface area contributed by atoms with Crippen molar-refractivity contribution in [3.63, 3.8) is 0 Å². The van der Waals surface area contributed by atoms with Gasteiger partial charge in [-0.15, -0.1) is 0 Å². The number of benzene rings is 2. The van der Waals surface area contributed by atoms with Gasteiger partial charge in [0.1, 0.15) is 0 Å². The summed E-state index contributed by atoms with van der Waals surface area (Å²) in [5.74, 6) is 0. The summed E-state index contributed by atoms with van der Waals surface area (Å²) >= 11 is 0. The van der Waals surface area contributed by atoms with Crippen LogP contribution in [0.3, 0.4) is 0 Å². The Labute approximate surface area is 174 Å². The highest BCUT2D eigenvalue weighted by Crippen LogP contribution is 2.29. The Hall–Kier alpha value is -2.37. The number of amides is 2. The molecular weight excluding hydrogens is 362 g/mol. The van der Waals surface area contributed by atoms with Gasteiger partial charge in [0.25, 0.3) is 0 Å². The van der Waals surface area contributed by atoms with Crippen LogP contribution in [0.25, 0.3) is 0 Å². The smallest absolute Gasteiger partial charge is 0.319 e. The average Bonchev–Trinajstić information content (AvgIpc) is 2.69. The van der Waals surface area contributed by atoms with Crippen molar-refractivity contribution in [3.05, 3.63) is 65.7 Å². The zero-order chi connectivity index (χ0) is 20.7. The molecule has 2 N–H and O–H groups in total. The van der Waals surface area contributed by atoms with Gasteiger partial charge >= 0.3 is 6.03 Å². The number of nitrogens with zero attached hydrogens (tertiary/aromatic N) is 1. The summed E-state index contributed by atoms with van der Waals surface area (Å²) in [4.78, 5) is 15.2. The van der Waals surface area contributed by atoms with Crippen molar-refractivity contribution in [1.29, 1.82) is 0 Å². The quantitative estimate of drug-likeness (QED) is 0.737. The minimum Gasteiger partial charge on any atom is -0.379 e. The number of anilines is 1. The van der Waals surface area contributed by atoms with Gasteiger partial charge in [-0.25, -0.2) is 4.79 Å². The molecule has 0 radical (unpaired) electrons. The Morgan fingerprint density at radius 1 is 1.03 bits per heavy atom. The van der Waals surface area contributed by atoms with E-state index in [1.165, 1.54) is 0 Å². The largest absolute Gasteiger partial charge is 0.379 e. The molecule has 5 heteroatoms. The number of rotatable bonds is 6. The van der Waals surface area contributed by atoms with Crippen LogP contribution >= 0.6 is 0 Å². The third-order valence-electron chi connectivity index (χ3n) is 5.09. The fourth-order valence-corrected chi connectivity index (χ4v) is 3.65. The number of carbonyl (C=O) groups excluding carboxylic acids is 1. The van der Waals surface area contributed by atoms with Crippen LogP contribution in [0, 0.1) is 5.41 Å². The van der Waals surface area contributed by atoms with Crippen molar-refractivity contribution in [2.45, 2.75) is 39.8 Å². The number of carbonyl (C=O) groups is 1. The van der Waals surface area contributed by atoms with E-state index in [2.05, 4.69) is 54.5 Å². The maximum atomic E-state index is 12.9. The number of nitrogens with one attached hydrogen (secondary N) is 2. The van der Waals surface area contributed by atoms with Gasteiger partial charge in [0.05, 0.1) is 19.3 Å². The molecule has 29 heavy (non-hydrogen) atoms. The summed E-state index contributed by atoms with van der Waals surface area (Å²) in [6.07, 6.45) is 0.861. The molecule has 0 aliphatic carbocycles. The van der Waals surface area contributed by atoms with Gasteiger partial charge in [-0.3, -0.25) is 4.90 Å². The molecule has 0 saturated carbocycles. The van der Waals surface area contributed by atoms with E-state index in [4.69, 9.17) is 4.74 Å². The Balaban J connectivity index is 1.68. The van der Waals surface area contributed by atoms with E-state index in [1.54, 1.807) is 0 Å². The van der Waals surface area contributed by atoms with Crippen molar-refractivity contribution in [2.24, 2.45) is 5.41 Å². The monoisotopic (exact) mass is 395 g/mol. The summed E-state index contributed by atoms with van der Waals surface area (Å²) in [6.45, 7) is 10.8. The molecule has 2 aromatic carbocycles. The van der Waals surface area contributed by atoms with E-state index >= 15 is 0 Å². The highest BCUT2D eigenvalue weighted by Gasteiger charge is 2.22. The molecule has 2 amide bonds. The van der Waals surface area contributed by atoms with Gasteiger partial charge < -0.3 is 15.4 Å². The number of para-hydroxylation sites is 1. The molecule has 0 unspecified atom stereocenters. The molecular formula is C24H33N3O2. The molecule has 1 heterocycles. The predicted octanol–water partition coefficient (Wildman–Crippen LogP) is 4.82. The Kier molecular flexibility index (Phi) is 7.29. The lowest BCUT2D eigenvalue weighted by molar-refractivity contribution is 0.0343. The third kappa shape index (κ3) is 6.87. The van der Waals surface area contributed by atoms with Crippen molar-refractivity contribution in [3.8, 4) is 0 Å². The van der Waals surface area contributed by atoms with Gasteiger partial charge in [-0.2, -0.15) is 0 Å². The van der Waals surface area contributed by atoms with Crippen LogP contribution in [0.2, 0.25) is 0 Å². The summed E-state index contributed by atoms with van der Waals surface area (Å²) in [5, 5.41) is 6.26. The van der Waals surface area contributed by atoms with Crippen LogP contribution in [0.4, 0.5) is 10.5 Å². The summed E-state index contributed by atoms with van der Waals surface area (Å²) in [5.41, 5.74) is 3.21. The molecule has 0 aromatic heterocycles. The van der Waals surface area contributed by atoms with Gasteiger partial charge in [0, 0.05) is 25.3 Å².